The summed E-state index contributed by atoms with van der Waals surface area (Å²) < 4.78 is 0. The van der Waals surface area contributed by atoms with Gasteiger partial charge in [0.2, 0.25) is 0 Å². The second-order valence-electron chi connectivity index (χ2n) is 6.47. The SMILES string of the molecule is Cc1cc(C(C(=O)C(C)(C)C)c2ccccc2)ccc1Cl. The van der Waals surface area contributed by atoms with Crippen LogP contribution in [0.15, 0.2) is 48.5 Å². The molecule has 1 atom stereocenters. The van der Waals surface area contributed by atoms with Crippen molar-refractivity contribution in [3.63, 3.8) is 0 Å². The zero-order chi connectivity index (χ0) is 15.6. The van der Waals surface area contributed by atoms with E-state index in [1.54, 1.807) is 0 Å². The minimum Gasteiger partial charge on any atom is -0.298 e. The van der Waals surface area contributed by atoms with Crippen LogP contribution in [-0.4, -0.2) is 5.78 Å². The van der Waals surface area contributed by atoms with E-state index in [9.17, 15) is 4.79 Å². The molecule has 1 unspecified atom stereocenters. The van der Waals surface area contributed by atoms with Crippen molar-refractivity contribution in [2.75, 3.05) is 0 Å². The van der Waals surface area contributed by atoms with Gasteiger partial charge in [0.15, 0.2) is 0 Å². The molecule has 110 valence electrons. The van der Waals surface area contributed by atoms with Gasteiger partial charge in [-0.15, -0.1) is 0 Å². The number of aryl methyl sites for hydroxylation is 1. The molecule has 0 heterocycles. The first-order valence-electron chi connectivity index (χ1n) is 7.16. The average Bonchev–Trinajstić information content (AvgIpc) is 2.43. The molecule has 2 aromatic rings. The van der Waals surface area contributed by atoms with Gasteiger partial charge in [-0.2, -0.15) is 0 Å². The van der Waals surface area contributed by atoms with Crippen molar-refractivity contribution < 1.29 is 4.79 Å². The Morgan fingerprint density at radius 3 is 2.14 bits per heavy atom. The summed E-state index contributed by atoms with van der Waals surface area (Å²) in [5.74, 6) is -0.0300. The molecular formula is C19H21ClO. The maximum Gasteiger partial charge on any atom is 0.150 e. The number of halogens is 1. The molecule has 2 rings (SSSR count). The number of carbonyl (C=O) groups excluding carboxylic acids is 1. The Bertz CT molecular complexity index is 638. The maximum absolute atomic E-state index is 12.9. The van der Waals surface area contributed by atoms with E-state index < -0.39 is 5.41 Å². The summed E-state index contributed by atoms with van der Waals surface area (Å²) in [5.41, 5.74) is 2.63. The fourth-order valence-electron chi connectivity index (χ4n) is 2.42. The van der Waals surface area contributed by atoms with Crippen LogP contribution >= 0.6 is 11.6 Å². The largest absolute Gasteiger partial charge is 0.298 e. The fraction of sp³-hybridized carbons (Fsp3) is 0.316. The lowest BCUT2D eigenvalue weighted by atomic mass is 9.76. The first kappa shape index (κ1) is 15.8. The first-order chi connectivity index (χ1) is 9.80. The number of benzene rings is 2. The highest BCUT2D eigenvalue weighted by molar-refractivity contribution is 6.31. The molecule has 2 heteroatoms. The van der Waals surface area contributed by atoms with Crippen LogP contribution in [0.1, 0.15) is 43.4 Å². The van der Waals surface area contributed by atoms with E-state index in [0.717, 1.165) is 21.7 Å². The first-order valence-corrected chi connectivity index (χ1v) is 7.54. The fourth-order valence-corrected chi connectivity index (χ4v) is 2.54. The molecule has 21 heavy (non-hydrogen) atoms. The highest BCUT2D eigenvalue weighted by Gasteiger charge is 2.31. The van der Waals surface area contributed by atoms with Gasteiger partial charge in [-0.3, -0.25) is 4.79 Å². The topological polar surface area (TPSA) is 17.1 Å². The third kappa shape index (κ3) is 3.54. The van der Waals surface area contributed by atoms with Crippen molar-refractivity contribution in [2.24, 2.45) is 5.41 Å². The molecule has 0 aliphatic heterocycles. The summed E-state index contributed by atoms with van der Waals surface area (Å²) in [4.78, 5) is 12.9. The van der Waals surface area contributed by atoms with Crippen LogP contribution in [-0.2, 0) is 4.79 Å². The van der Waals surface area contributed by atoms with Gasteiger partial charge in [0.25, 0.3) is 0 Å². The molecule has 0 aliphatic carbocycles. The lowest BCUT2D eigenvalue weighted by Crippen LogP contribution is -2.27. The molecule has 0 saturated carbocycles. The van der Waals surface area contributed by atoms with E-state index >= 15 is 0 Å². The average molecular weight is 301 g/mol. The quantitative estimate of drug-likeness (QED) is 0.742. The van der Waals surface area contributed by atoms with Gasteiger partial charge in [-0.1, -0.05) is 74.8 Å². The zero-order valence-electron chi connectivity index (χ0n) is 13.0. The van der Waals surface area contributed by atoms with Crippen LogP contribution in [0.5, 0.6) is 0 Å². The van der Waals surface area contributed by atoms with Crippen LogP contribution < -0.4 is 0 Å². The Balaban J connectivity index is 2.56. The van der Waals surface area contributed by atoms with Gasteiger partial charge < -0.3 is 0 Å². The molecule has 0 N–H and O–H groups in total. The van der Waals surface area contributed by atoms with Crippen molar-refractivity contribution in [1.82, 2.24) is 0 Å². The smallest absolute Gasteiger partial charge is 0.150 e. The Morgan fingerprint density at radius 2 is 1.62 bits per heavy atom. The van der Waals surface area contributed by atoms with Gasteiger partial charge in [0, 0.05) is 10.4 Å². The third-order valence-corrected chi connectivity index (χ3v) is 4.07. The van der Waals surface area contributed by atoms with Gasteiger partial charge in [-0.25, -0.2) is 0 Å². The molecule has 0 spiro atoms. The van der Waals surface area contributed by atoms with Crippen molar-refractivity contribution >= 4 is 17.4 Å². The predicted octanol–water partition coefficient (Wildman–Crippen LogP) is 5.40. The number of Topliss-reactive ketones (excluding diaryl/α,β-unsaturated/α-hetero) is 1. The third-order valence-electron chi connectivity index (χ3n) is 3.65. The highest BCUT2D eigenvalue weighted by Crippen LogP contribution is 2.34. The monoisotopic (exact) mass is 300 g/mol. The maximum atomic E-state index is 12.9. The molecule has 1 nitrogen and oxygen atoms in total. The van der Waals surface area contributed by atoms with Crippen LogP contribution in [0.4, 0.5) is 0 Å². The molecule has 0 aromatic heterocycles. The highest BCUT2D eigenvalue weighted by atomic mass is 35.5. The van der Waals surface area contributed by atoms with Gasteiger partial charge in [0.1, 0.15) is 5.78 Å². The van der Waals surface area contributed by atoms with Gasteiger partial charge in [0.05, 0.1) is 5.92 Å². The van der Waals surface area contributed by atoms with Crippen molar-refractivity contribution in [3.05, 3.63) is 70.2 Å². The summed E-state index contributed by atoms with van der Waals surface area (Å²) in [6.07, 6.45) is 0. The van der Waals surface area contributed by atoms with E-state index in [4.69, 9.17) is 11.6 Å². The van der Waals surface area contributed by atoms with E-state index in [-0.39, 0.29) is 11.7 Å². The second kappa shape index (κ2) is 6.03. The molecule has 2 aromatic carbocycles. The van der Waals surface area contributed by atoms with Crippen molar-refractivity contribution in [3.8, 4) is 0 Å². The van der Waals surface area contributed by atoms with Crippen LogP contribution in [0.25, 0.3) is 0 Å². The lowest BCUT2D eigenvalue weighted by Gasteiger charge is -2.26. The minimum atomic E-state index is -0.395. The van der Waals surface area contributed by atoms with Crippen LogP contribution in [0.2, 0.25) is 5.02 Å². The molecule has 0 fully saturated rings. The summed E-state index contributed by atoms with van der Waals surface area (Å²) in [6, 6.07) is 15.8. The molecule has 0 aliphatic rings. The minimum absolute atomic E-state index is 0.218. The number of carbonyl (C=O) groups is 1. The van der Waals surface area contributed by atoms with E-state index in [0.29, 0.717) is 0 Å². The molecular weight excluding hydrogens is 280 g/mol. The summed E-state index contributed by atoms with van der Waals surface area (Å²) in [6.45, 7) is 7.87. The van der Waals surface area contributed by atoms with Crippen LogP contribution in [0, 0.1) is 12.3 Å². The summed E-state index contributed by atoms with van der Waals surface area (Å²) in [5, 5.41) is 0.730. The number of hydrogen-bond donors (Lipinski definition) is 0. The van der Waals surface area contributed by atoms with Crippen molar-refractivity contribution in [1.29, 1.82) is 0 Å². The summed E-state index contributed by atoms with van der Waals surface area (Å²) >= 11 is 6.12. The van der Waals surface area contributed by atoms with E-state index in [2.05, 4.69) is 0 Å². The Labute approximate surface area is 132 Å². The number of hydrogen-bond acceptors (Lipinski definition) is 1. The number of ketones is 1. The molecule has 0 amide bonds. The van der Waals surface area contributed by atoms with E-state index in [1.807, 2.05) is 76.2 Å². The van der Waals surface area contributed by atoms with Gasteiger partial charge >= 0.3 is 0 Å². The second-order valence-corrected chi connectivity index (χ2v) is 6.87. The molecule has 0 bridgehead atoms. The predicted molar refractivity (Wildman–Crippen MR) is 88.9 cm³/mol. The number of rotatable bonds is 3. The standard InChI is InChI=1S/C19H21ClO/c1-13-12-15(10-11-16(13)20)17(18(21)19(2,3)4)14-8-6-5-7-9-14/h5-12,17H,1-4H3. The van der Waals surface area contributed by atoms with Crippen LogP contribution in [0.3, 0.4) is 0 Å². The molecule has 0 radical (unpaired) electrons. The van der Waals surface area contributed by atoms with Gasteiger partial charge in [-0.05, 0) is 29.7 Å². The summed E-state index contributed by atoms with van der Waals surface area (Å²) in [7, 11) is 0. The zero-order valence-corrected chi connectivity index (χ0v) is 13.7. The molecule has 0 saturated heterocycles. The van der Waals surface area contributed by atoms with Crippen molar-refractivity contribution in [2.45, 2.75) is 33.6 Å². The Morgan fingerprint density at radius 1 is 1.00 bits per heavy atom. The normalized spacial score (nSPS) is 13.0. The lowest BCUT2D eigenvalue weighted by molar-refractivity contribution is -0.126. The Kier molecular flexibility index (Phi) is 4.53. The Hall–Kier alpha value is -1.60. The van der Waals surface area contributed by atoms with E-state index in [1.165, 1.54) is 0 Å².